The molecule has 0 unspecified atom stereocenters. The minimum absolute atomic E-state index is 0.732. The Bertz CT molecular complexity index is 9300. The number of para-hydroxylation sites is 1. The summed E-state index contributed by atoms with van der Waals surface area (Å²) in [6.07, 6.45) is 0. The summed E-state index contributed by atoms with van der Waals surface area (Å²) in [4.78, 5) is 31.0. The molecule has 6 aromatic heterocycles. The van der Waals surface area contributed by atoms with Gasteiger partial charge in [0.15, 0.2) is 11.6 Å². The molecule has 21 aromatic carbocycles. The third kappa shape index (κ3) is 14.6. The molecular formula is C126H78N6S3. The predicted octanol–water partition coefficient (Wildman–Crippen LogP) is 35.5. The molecule has 0 aliphatic carbocycles. The maximum Gasteiger partial charge on any atom is 0.160 e. The van der Waals surface area contributed by atoms with Gasteiger partial charge in [0.1, 0.15) is 0 Å². The first-order chi connectivity index (χ1) is 67.0. The summed E-state index contributed by atoms with van der Waals surface area (Å²) in [5, 5.41) is 17.4. The first kappa shape index (κ1) is 80.2. The molecule has 630 valence electrons. The standard InChI is InChI=1S/3C42H26N2S/c1-3-13-27(14-4-1)40-41(28-15-5-2-6-16-28)44-42-34(21-11-22-36(42)43-40)32-26-25-31(29-17-7-8-18-30(29)32)33-20-12-24-38-39(33)35-19-9-10-23-37(35)45-38;1-3-12-27(13-4-1)41-36-26-29(22-25-37(36)43-42(44-41)28-14-5-2-6-15-28)30-23-24-33(32-17-8-7-16-31(30)32)34-19-11-21-39-40(34)35-18-9-10-20-38(35)45-39;1-3-12-27(13-4-1)41-35-23-22-29(26-37(35)43-42(44-41)28-14-5-2-6-15-28)30-24-25-33(32-17-8-7-16-31(30)32)34-19-11-21-39-40(34)36-18-9-10-20-38(36)45-39/h3*1-26H. The van der Waals surface area contributed by atoms with Gasteiger partial charge in [0.05, 0.1) is 44.8 Å². The average molecular weight is 1770 g/mol. The van der Waals surface area contributed by atoms with Gasteiger partial charge in [-0.1, -0.05) is 406 Å². The molecule has 6 heterocycles. The van der Waals surface area contributed by atoms with Gasteiger partial charge in [0.2, 0.25) is 0 Å². The topological polar surface area (TPSA) is 77.3 Å². The van der Waals surface area contributed by atoms with Crippen molar-refractivity contribution >= 4 is 160 Å². The van der Waals surface area contributed by atoms with Crippen molar-refractivity contribution in [3.63, 3.8) is 0 Å². The second-order valence-electron chi connectivity index (χ2n) is 34.0. The Morgan fingerprint density at radius 1 is 0.133 bits per heavy atom. The zero-order valence-corrected chi connectivity index (χ0v) is 75.4. The van der Waals surface area contributed by atoms with E-state index < -0.39 is 0 Å². The van der Waals surface area contributed by atoms with Crippen molar-refractivity contribution in [1.82, 2.24) is 29.9 Å². The third-order valence-electron chi connectivity index (χ3n) is 26.1. The summed E-state index contributed by atoms with van der Waals surface area (Å²) >= 11 is 5.59. The Morgan fingerprint density at radius 3 is 0.844 bits per heavy atom. The average Bonchev–Trinajstić information content (AvgIpc) is 1.10. The van der Waals surface area contributed by atoms with E-state index in [4.69, 9.17) is 29.9 Å². The van der Waals surface area contributed by atoms with Gasteiger partial charge >= 0.3 is 0 Å². The molecule has 0 fully saturated rings. The normalized spacial score (nSPS) is 11.6. The van der Waals surface area contributed by atoms with Crippen molar-refractivity contribution in [1.29, 1.82) is 0 Å². The number of thiophene rings is 3. The van der Waals surface area contributed by atoms with Crippen molar-refractivity contribution in [3.8, 4) is 135 Å². The van der Waals surface area contributed by atoms with Gasteiger partial charge in [0, 0.05) is 110 Å². The number of hydrogen-bond acceptors (Lipinski definition) is 9. The van der Waals surface area contributed by atoms with Gasteiger partial charge in [-0.2, -0.15) is 0 Å². The van der Waals surface area contributed by atoms with E-state index in [1.54, 1.807) is 0 Å². The maximum atomic E-state index is 5.39. The molecule has 0 radical (unpaired) electrons. The monoisotopic (exact) mass is 1770 g/mol. The van der Waals surface area contributed by atoms with Crippen LogP contribution in [0.4, 0.5) is 0 Å². The number of aromatic nitrogens is 6. The highest BCUT2D eigenvalue weighted by Gasteiger charge is 2.24. The molecule has 0 aliphatic heterocycles. The molecule has 0 saturated heterocycles. The molecule has 0 spiro atoms. The number of rotatable bonds is 12. The largest absolute Gasteiger partial charge is 0.244 e. The first-order valence-corrected chi connectivity index (χ1v) is 48.0. The highest BCUT2D eigenvalue weighted by molar-refractivity contribution is 7.26. The van der Waals surface area contributed by atoms with Crippen molar-refractivity contribution < 1.29 is 0 Å². The summed E-state index contributed by atoms with van der Waals surface area (Å²) in [7, 11) is 0. The molecule has 0 aliphatic rings. The van der Waals surface area contributed by atoms with E-state index in [1.165, 1.54) is 137 Å². The molecular weight excluding hydrogens is 1690 g/mol. The Hall–Kier alpha value is -16.9. The Morgan fingerprint density at radius 2 is 0.430 bits per heavy atom. The minimum atomic E-state index is 0.732. The summed E-state index contributed by atoms with van der Waals surface area (Å²) in [6, 6.07) is 168. The fraction of sp³-hybridized carbons (Fsp3) is 0. The SMILES string of the molecule is c1ccc(-c2nc(-c3ccccc3)c3cc(-c4ccc(-c5cccc6sc7ccccc7c56)c5ccccc45)ccc3n2)cc1.c1ccc(-c2nc(-c3ccccc3)c3ccc(-c4ccc(-c5cccc6sc7ccccc7c56)c5ccccc45)cc3n2)cc1.c1ccc(-c2nc3cccc(-c4ccc(-c5cccc6sc7ccccc7c56)c5ccccc45)c3nc2-c2ccccc2)cc1. The van der Waals surface area contributed by atoms with Crippen LogP contribution < -0.4 is 0 Å². The van der Waals surface area contributed by atoms with E-state index in [9.17, 15) is 0 Å². The molecule has 0 amide bonds. The van der Waals surface area contributed by atoms with Gasteiger partial charge in [-0.3, -0.25) is 0 Å². The smallest absolute Gasteiger partial charge is 0.160 e. The molecule has 0 bridgehead atoms. The van der Waals surface area contributed by atoms with E-state index in [0.717, 1.165) is 123 Å². The number of hydrogen-bond donors (Lipinski definition) is 0. The molecule has 0 saturated carbocycles. The second kappa shape index (κ2) is 34.4. The van der Waals surface area contributed by atoms with Crippen LogP contribution >= 0.6 is 34.0 Å². The van der Waals surface area contributed by atoms with Crippen LogP contribution in [0.2, 0.25) is 0 Å². The zero-order chi connectivity index (χ0) is 89.2. The molecule has 0 atom stereocenters. The van der Waals surface area contributed by atoms with Crippen LogP contribution in [0.25, 0.3) is 260 Å². The van der Waals surface area contributed by atoms with Crippen LogP contribution in [0.1, 0.15) is 0 Å². The molecule has 135 heavy (non-hydrogen) atoms. The van der Waals surface area contributed by atoms with Gasteiger partial charge in [-0.25, -0.2) is 29.9 Å². The van der Waals surface area contributed by atoms with Crippen LogP contribution in [0, 0.1) is 0 Å². The Kier molecular flexibility index (Phi) is 20.4. The van der Waals surface area contributed by atoms with Gasteiger partial charge in [-0.15, -0.1) is 34.0 Å². The van der Waals surface area contributed by atoms with E-state index in [-0.39, 0.29) is 0 Å². The van der Waals surface area contributed by atoms with Crippen LogP contribution in [0.3, 0.4) is 0 Å². The van der Waals surface area contributed by atoms with Crippen molar-refractivity contribution in [2.24, 2.45) is 0 Å². The predicted molar refractivity (Wildman–Crippen MR) is 575 cm³/mol. The van der Waals surface area contributed by atoms with Gasteiger partial charge in [-0.05, 0) is 160 Å². The highest BCUT2D eigenvalue weighted by Crippen LogP contribution is 2.50. The van der Waals surface area contributed by atoms with E-state index in [0.29, 0.717) is 0 Å². The lowest BCUT2D eigenvalue weighted by Gasteiger charge is -2.16. The summed E-state index contributed by atoms with van der Waals surface area (Å²) in [6.45, 7) is 0. The molecule has 27 rings (SSSR count). The van der Waals surface area contributed by atoms with Crippen molar-refractivity contribution in [3.05, 3.63) is 473 Å². The first-order valence-electron chi connectivity index (χ1n) is 45.5. The highest BCUT2D eigenvalue weighted by atomic mass is 32.1. The number of benzene rings is 21. The van der Waals surface area contributed by atoms with Crippen molar-refractivity contribution in [2.45, 2.75) is 0 Å². The van der Waals surface area contributed by atoms with E-state index in [1.807, 2.05) is 94.7 Å². The van der Waals surface area contributed by atoms with E-state index >= 15 is 0 Å². The number of nitrogens with zero attached hydrogens (tertiary/aromatic N) is 6. The Labute approximate surface area is 791 Å². The fourth-order valence-electron chi connectivity index (χ4n) is 19.9. The fourth-order valence-corrected chi connectivity index (χ4v) is 23.3. The lowest BCUT2D eigenvalue weighted by Crippen LogP contribution is -1.97. The lowest BCUT2D eigenvalue weighted by molar-refractivity contribution is 1.23. The van der Waals surface area contributed by atoms with Crippen LogP contribution in [0.15, 0.2) is 473 Å². The molecule has 6 nitrogen and oxygen atoms in total. The van der Waals surface area contributed by atoms with Crippen LogP contribution in [-0.4, -0.2) is 29.9 Å². The zero-order valence-electron chi connectivity index (χ0n) is 72.9. The third-order valence-corrected chi connectivity index (χ3v) is 29.5. The van der Waals surface area contributed by atoms with Crippen LogP contribution in [-0.2, 0) is 0 Å². The van der Waals surface area contributed by atoms with E-state index in [2.05, 4.69) is 413 Å². The molecule has 27 aromatic rings. The summed E-state index contributed by atoms with van der Waals surface area (Å²) < 4.78 is 7.92. The summed E-state index contributed by atoms with van der Waals surface area (Å²) in [5.41, 5.74) is 28.1. The minimum Gasteiger partial charge on any atom is -0.244 e. The van der Waals surface area contributed by atoms with Crippen molar-refractivity contribution in [2.75, 3.05) is 0 Å². The second-order valence-corrected chi connectivity index (χ2v) is 37.2. The molecule has 0 N–H and O–H groups in total. The van der Waals surface area contributed by atoms with Crippen LogP contribution in [0.5, 0.6) is 0 Å². The summed E-state index contributed by atoms with van der Waals surface area (Å²) in [5.74, 6) is 1.47. The number of fused-ring (bicyclic) bond motifs is 15. The lowest BCUT2D eigenvalue weighted by atomic mass is 9.90. The van der Waals surface area contributed by atoms with Gasteiger partial charge < -0.3 is 0 Å². The van der Waals surface area contributed by atoms with Gasteiger partial charge in [0.25, 0.3) is 0 Å². The molecule has 9 heteroatoms. The maximum absolute atomic E-state index is 5.39. The quantitative estimate of drug-likeness (QED) is 0.121. The Balaban J connectivity index is 0.000000108.